The SMILES string of the molecule is O.[O-][Cl+2]([O-])O.[PbH2]. The summed E-state index contributed by atoms with van der Waals surface area (Å²) in [6, 6.07) is 0. The van der Waals surface area contributed by atoms with E-state index in [-0.39, 0.29) is 32.8 Å². The van der Waals surface area contributed by atoms with Crippen LogP contribution in [0.15, 0.2) is 0 Å². The van der Waals surface area contributed by atoms with Gasteiger partial charge in [0.25, 0.3) is 10.8 Å². The van der Waals surface area contributed by atoms with E-state index in [9.17, 15) is 0 Å². The first-order valence-electron chi connectivity index (χ1n) is 0.478. The maximum absolute atomic E-state index is 8.52. The average Bonchev–Trinajstić information content (AvgIpc) is 0.811. The Morgan fingerprint density at radius 2 is 1.33 bits per heavy atom. The van der Waals surface area contributed by atoms with Gasteiger partial charge in [-0.15, -0.1) is 0 Å². The van der Waals surface area contributed by atoms with Crippen LogP contribution in [0.25, 0.3) is 0 Å². The Kier molecular flexibility index (Phi) is 24.7. The molecule has 0 rings (SSSR count). The van der Waals surface area contributed by atoms with Gasteiger partial charge in [-0.25, -0.2) is 0 Å². The van der Waals surface area contributed by atoms with Crippen LogP contribution in [0.3, 0.4) is 0 Å². The van der Waals surface area contributed by atoms with E-state index < -0.39 is 10.8 Å². The summed E-state index contributed by atoms with van der Waals surface area (Å²) >= 11 is 0. The van der Waals surface area contributed by atoms with Crippen molar-refractivity contribution >= 4 is 27.3 Å². The molecule has 40 valence electrons. The third kappa shape index (κ3) is 74.9. The maximum atomic E-state index is 8.52. The molecule has 0 amide bonds. The fraction of sp³-hybridized carbons (Fsp3) is 0. The standard InChI is InChI=1S/ClHO3.H2O.Pb.2H/c2-1(3)4;;;;/h2H;1H2;;;. The van der Waals surface area contributed by atoms with Gasteiger partial charge in [-0.2, -0.15) is 0 Å². The first-order valence-corrected chi connectivity index (χ1v) is 1.43. The van der Waals surface area contributed by atoms with E-state index in [0.29, 0.717) is 0 Å². The molecule has 6 heteroatoms. The molecule has 0 heterocycles. The molecule has 0 aromatic rings. The molecule has 6 heavy (non-hydrogen) atoms. The zero-order valence-corrected chi connectivity index (χ0v) is 9.10. The van der Waals surface area contributed by atoms with Crippen molar-refractivity contribution in [1.29, 1.82) is 0 Å². The monoisotopic (exact) mass is 312 g/mol. The van der Waals surface area contributed by atoms with Crippen molar-refractivity contribution < 1.29 is 30.2 Å². The van der Waals surface area contributed by atoms with Gasteiger partial charge in [0.15, 0.2) is 0 Å². The molecule has 0 aromatic heterocycles. The Hall–Kier alpha value is 1.05. The van der Waals surface area contributed by atoms with E-state index in [4.69, 9.17) is 14.0 Å². The van der Waals surface area contributed by atoms with Crippen molar-refractivity contribution in [3.8, 4) is 0 Å². The van der Waals surface area contributed by atoms with Gasteiger partial charge in [0.2, 0.25) is 0 Å². The molecule has 0 aliphatic rings. The van der Waals surface area contributed by atoms with Gasteiger partial charge >= 0.3 is 27.3 Å². The third-order valence-corrected chi connectivity index (χ3v) is 0. The molecule has 0 atom stereocenters. The summed E-state index contributed by atoms with van der Waals surface area (Å²) in [5.41, 5.74) is 0. The third-order valence-electron chi connectivity index (χ3n) is 0. The van der Waals surface area contributed by atoms with E-state index >= 15 is 0 Å². The number of hydrogen-bond donors (Lipinski definition) is 1. The zero-order valence-electron chi connectivity index (χ0n) is 2.85. The van der Waals surface area contributed by atoms with Crippen molar-refractivity contribution in [2.45, 2.75) is 0 Å². The number of rotatable bonds is 0. The van der Waals surface area contributed by atoms with Crippen molar-refractivity contribution in [2.24, 2.45) is 0 Å². The van der Waals surface area contributed by atoms with Gasteiger partial charge in [-0.3, -0.25) is 0 Å². The summed E-state index contributed by atoms with van der Waals surface area (Å²) in [5.74, 6) is 0. The average molecular weight is 312 g/mol. The van der Waals surface area contributed by atoms with Gasteiger partial charge in [0.1, 0.15) is 0 Å². The van der Waals surface area contributed by atoms with E-state index in [0.717, 1.165) is 0 Å². The van der Waals surface area contributed by atoms with Crippen LogP contribution in [0, 0.1) is 10.8 Å². The van der Waals surface area contributed by atoms with Crippen molar-refractivity contribution in [3.63, 3.8) is 0 Å². The van der Waals surface area contributed by atoms with Crippen LogP contribution >= 0.6 is 0 Å². The van der Waals surface area contributed by atoms with Crippen LogP contribution < -0.4 is 9.32 Å². The molecule has 0 spiro atoms. The number of halogens is 1. The molecular formula is H5ClO4Pb. The topological polar surface area (TPSA) is 97.9 Å². The summed E-state index contributed by atoms with van der Waals surface area (Å²) in [6.07, 6.45) is 0. The normalized spacial score (nSPS) is 6.00. The molecule has 0 fully saturated rings. The zero-order chi connectivity index (χ0) is 3.58. The molecule has 0 saturated heterocycles. The van der Waals surface area contributed by atoms with Crippen LogP contribution in [0.1, 0.15) is 0 Å². The van der Waals surface area contributed by atoms with Gasteiger partial charge < -0.3 is 14.8 Å². The van der Waals surface area contributed by atoms with Gasteiger partial charge in [-0.05, 0) is 0 Å². The van der Waals surface area contributed by atoms with Crippen LogP contribution in [-0.4, -0.2) is 37.4 Å². The molecule has 3 N–H and O–H groups in total. The van der Waals surface area contributed by atoms with Crippen molar-refractivity contribution in [3.05, 3.63) is 0 Å². The summed E-state index contributed by atoms with van der Waals surface area (Å²) in [7, 11) is -2.60. The molecule has 4 nitrogen and oxygen atoms in total. The van der Waals surface area contributed by atoms with E-state index in [1.807, 2.05) is 0 Å². The van der Waals surface area contributed by atoms with Gasteiger partial charge in [0.05, 0.1) is 0 Å². The van der Waals surface area contributed by atoms with Crippen molar-refractivity contribution in [1.82, 2.24) is 0 Å². The Morgan fingerprint density at radius 3 is 1.33 bits per heavy atom. The molecule has 0 unspecified atom stereocenters. The fourth-order valence-corrected chi connectivity index (χ4v) is 0. The second kappa shape index (κ2) is 9.41. The Labute approximate surface area is 57.7 Å². The molecular weight excluding hydrogens is 307 g/mol. The number of hydrogen-bond acceptors (Lipinski definition) is 3. The first-order chi connectivity index (χ1) is 1.73. The van der Waals surface area contributed by atoms with Crippen molar-refractivity contribution in [2.75, 3.05) is 0 Å². The molecule has 0 bridgehead atoms. The van der Waals surface area contributed by atoms with E-state index in [2.05, 4.69) is 0 Å². The summed E-state index contributed by atoms with van der Waals surface area (Å²) in [5, 5.41) is 0. The molecule has 0 aliphatic carbocycles. The van der Waals surface area contributed by atoms with Gasteiger partial charge in [0, 0.05) is 4.66 Å². The molecule has 0 aliphatic heterocycles. The van der Waals surface area contributed by atoms with E-state index in [1.54, 1.807) is 0 Å². The van der Waals surface area contributed by atoms with Crippen LogP contribution in [0.2, 0.25) is 0 Å². The molecule has 0 aromatic carbocycles. The van der Waals surface area contributed by atoms with Crippen LogP contribution in [0.4, 0.5) is 0 Å². The second-order valence-electron chi connectivity index (χ2n) is 0.201. The van der Waals surface area contributed by atoms with Crippen LogP contribution in [-0.2, 0) is 0 Å². The Morgan fingerprint density at radius 1 is 1.33 bits per heavy atom. The minimum atomic E-state index is -2.60. The summed E-state index contributed by atoms with van der Waals surface area (Å²) in [4.78, 5) is 0. The predicted octanol–water partition coefficient (Wildman–Crippen LogP) is -4.68. The Bertz CT molecular complexity index is 12.3. The van der Waals surface area contributed by atoms with Crippen LogP contribution in [0.5, 0.6) is 0 Å². The predicted molar refractivity (Wildman–Crippen MR) is 14.4 cm³/mol. The molecule has 0 saturated carbocycles. The minimum absolute atomic E-state index is 0. The fourth-order valence-electron chi connectivity index (χ4n) is 0. The first kappa shape index (κ1) is 15.7. The Balaban J connectivity index is -0.0000000450. The second-order valence-corrected chi connectivity index (χ2v) is 0.603. The quantitative estimate of drug-likeness (QED) is 0.455. The summed E-state index contributed by atoms with van der Waals surface area (Å²) < 4.78 is 24.0. The van der Waals surface area contributed by atoms with Gasteiger partial charge in [-0.1, -0.05) is 0 Å². The van der Waals surface area contributed by atoms with E-state index in [1.165, 1.54) is 0 Å². The molecule has 2 radical (unpaired) electrons. The summed E-state index contributed by atoms with van der Waals surface area (Å²) in [6.45, 7) is 0.